The number of benzene rings is 1. The number of hydrogen-bond acceptors (Lipinski definition) is 3. The lowest BCUT2D eigenvalue weighted by Gasteiger charge is -2.13. The van der Waals surface area contributed by atoms with E-state index in [2.05, 4.69) is 29.1 Å². The van der Waals surface area contributed by atoms with Crippen molar-refractivity contribution in [3.05, 3.63) is 42.0 Å². The molecular formula is C16H20FN3. The quantitative estimate of drug-likeness (QED) is 0.862. The van der Waals surface area contributed by atoms with Gasteiger partial charge >= 0.3 is 0 Å². The Kier molecular flexibility index (Phi) is 5.04. The first-order valence-electron chi connectivity index (χ1n) is 7.10. The SMILES string of the molecule is CCCNc1ncnc(-c2cccc(F)c2)c1CCC. The lowest BCUT2D eigenvalue weighted by molar-refractivity contribution is 0.628. The summed E-state index contributed by atoms with van der Waals surface area (Å²) >= 11 is 0. The maximum absolute atomic E-state index is 13.4. The molecule has 0 saturated carbocycles. The molecule has 2 rings (SSSR count). The summed E-state index contributed by atoms with van der Waals surface area (Å²) < 4.78 is 13.4. The molecule has 0 saturated heterocycles. The number of nitrogens with one attached hydrogen (secondary N) is 1. The van der Waals surface area contributed by atoms with Gasteiger partial charge in [-0.3, -0.25) is 0 Å². The number of hydrogen-bond donors (Lipinski definition) is 1. The molecule has 0 atom stereocenters. The smallest absolute Gasteiger partial charge is 0.133 e. The minimum Gasteiger partial charge on any atom is -0.370 e. The zero-order valence-electron chi connectivity index (χ0n) is 12.0. The van der Waals surface area contributed by atoms with Crippen LogP contribution in [0.15, 0.2) is 30.6 Å². The Bertz CT molecular complexity index is 569. The number of rotatable bonds is 6. The van der Waals surface area contributed by atoms with Gasteiger partial charge in [-0.15, -0.1) is 0 Å². The normalized spacial score (nSPS) is 10.6. The summed E-state index contributed by atoms with van der Waals surface area (Å²) in [5.41, 5.74) is 2.68. The van der Waals surface area contributed by atoms with Crippen LogP contribution in [0.1, 0.15) is 32.3 Å². The highest BCUT2D eigenvalue weighted by molar-refractivity contribution is 5.68. The summed E-state index contributed by atoms with van der Waals surface area (Å²) in [6.07, 6.45) is 4.44. The molecule has 2 aromatic rings. The zero-order valence-corrected chi connectivity index (χ0v) is 12.0. The van der Waals surface area contributed by atoms with E-state index in [0.29, 0.717) is 0 Å². The Hall–Kier alpha value is -1.97. The van der Waals surface area contributed by atoms with Crippen LogP contribution < -0.4 is 5.32 Å². The van der Waals surface area contributed by atoms with Crippen molar-refractivity contribution >= 4 is 5.82 Å². The first-order chi connectivity index (χ1) is 9.76. The Morgan fingerprint density at radius 1 is 1.15 bits per heavy atom. The van der Waals surface area contributed by atoms with Crippen molar-refractivity contribution in [1.29, 1.82) is 0 Å². The molecule has 1 N–H and O–H groups in total. The molecule has 106 valence electrons. The number of halogens is 1. The highest BCUT2D eigenvalue weighted by atomic mass is 19.1. The Balaban J connectivity index is 2.45. The van der Waals surface area contributed by atoms with E-state index in [1.54, 1.807) is 6.07 Å². The van der Waals surface area contributed by atoms with Crippen molar-refractivity contribution in [2.45, 2.75) is 33.1 Å². The number of aromatic nitrogens is 2. The van der Waals surface area contributed by atoms with Crippen LogP contribution in [0.5, 0.6) is 0 Å². The van der Waals surface area contributed by atoms with Crippen LogP contribution in [0.3, 0.4) is 0 Å². The minimum absolute atomic E-state index is 0.244. The van der Waals surface area contributed by atoms with E-state index in [9.17, 15) is 4.39 Å². The molecule has 0 spiro atoms. The first-order valence-corrected chi connectivity index (χ1v) is 7.10. The summed E-state index contributed by atoms with van der Waals surface area (Å²) in [5.74, 6) is 0.620. The first kappa shape index (κ1) is 14.4. The minimum atomic E-state index is -0.244. The maximum atomic E-state index is 13.4. The van der Waals surface area contributed by atoms with E-state index >= 15 is 0 Å². The Morgan fingerprint density at radius 2 is 2.00 bits per heavy atom. The summed E-state index contributed by atoms with van der Waals surface area (Å²) in [6.45, 7) is 5.10. The van der Waals surface area contributed by atoms with Gasteiger partial charge in [-0.1, -0.05) is 32.4 Å². The van der Waals surface area contributed by atoms with Crippen molar-refractivity contribution in [2.75, 3.05) is 11.9 Å². The standard InChI is InChI=1S/C16H20FN3/c1-3-6-14-15(12-7-5-8-13(17)10-12)19-11-20-16(14)18-9-4-2/h5,7-8,10-11H,3-4,6,9H2,1-2H3,(H,18,19,20). The molecule has 4 heteroatoms. The monoisotopic (exact) mass is 273 g/mol. The molecule has 0 radical (unpaired) electrons. The summed E-state index contributed by atoms with van der Waals surface area (Å²) in [4.78, 5) is 8.69. The topological polar surface area (TPSA) is 37.8 Å². The molecule has 1 heterocycles. The molecule has 0 fully saturated rings. The Labute approximate surface area is 119 Å². The van der Waals surface area contributed by atoms with Crippen molar-refractivity contribution in [1.82, 2.24) is 9.97 Å². The van der Waals surface area contributed by atoms with Crippen molar-refractivity contribution in [2.24, 2.45) is 0 Å². The van der Waals surface area contributed by atoms with Gasteiger partial charge in [0.2, 0.25) is 0 Å². The second-order valence-electron chi connectivity index (χ2n) is 4.74. The van der Waals surface area contributed by atoms with Crippen molar-refractivity contribution in [3.8, 4) is 11.3 Å². The van der Waals surface area contributed by atoms with Gasteiger partial charge < -0.3 is 5.32 Å². The van der Waals surface area contributed by atoms with Crippen molar-refractivity contribution < 1.29 is 4.39 Å². The molecule has 3 nitrogen and oxygen atoms in total. The molecule has 1 aromatic carbocycles. The number of nitrogens with zero attached hydrogens (tertiary/aromatic N) is 2. The van der Waals surface area contributed by atoms with E-state index in [-0.39, 0.29) is 5.82 Å². The van der Waals surface area contributed by atoms with Gasteiger partial charge in [0.25, 0.3) is 0 Å². The fraction of sp³-hybridized carbons (Fsp3) is 0.375. The molecule has 0 bridgehead atoms. The van der Waals surface area contributed by atoms with E-state index in [1.807, 2.05) is 6.07 Å². The lowest BCUT2D eigenvalue weighted by Crippen LogP contribution is -2.07. The van der Waals surface area contributed by atoms with Crippen LogP contribution in [0, 0.1) is 5.82 Å². The van der Waals surface area contributed by atoms with Gasteiger partial charge in [-0.05, 0) is 25.0 Å². The third kappa shape index (κ3) is 3.32. The highest BCUT2D eigenvalue weighted by Crippen LogP contribution is 2.27. The van der Waals surface area contributed by atoms with Crippen LogP contribution >= 0.6 is 0 Å². The number of anilines is 1. The zero-order chi connectivity index (χ0) is 14.4. The largest absolute Gasteiger partial charge is 0.370 e. The molecular weight excluding hydrogens is 253 g/mol. The summed E-state index contributed by atoms with van der Waals surface area (Å²) in [5, 5.41) is 3.33. The van der Waals surface area contributed by atoms with Gasteiger partial charge in [0.1, 0.15) is 18.0 Å². The van der Waals surface area contributed by atoms with Gasteiger partial charge in [-0.2, -0.15) is 0 Å². The van der Waals surface area contributed by atoms with Gasteiger partial charge in [-0.25, -0.2) is 14.4 Å². The third-order valence-electron chi connectivity index (χ3n) is 3.09. The average molecular weight is 273 g/mol. The van der Waals surface area contributed by atoms with Crippen molar-refractivity contribution in [3.63, 3.8) is 0 Å². The second kappa shape index (κ2) is 6.98. The highest BCUT2D eigenvalue weighted by Gasteiger charge is 2.12. The maximum Gasteiger partial charge on any atom is 0.133 e. The van der Waals surface area contributed by atoms with Gasteiger partial charge in [0.15, 0.2) is 0 Å². The summed E-state index contributed by atoms with van der Waals surface area (Å²) in [6, 6.07) is 6.56. The van der Waals surface area contributed by atoms with E-state index in [4.69, 9.17) is 0 Å². The fourth-order valence-electron chi connectivity index (χ4n) is 2.18. The van der Waals surface area contributed by atoms with Crippen LogP contribution in [0.2, 0.25) is 0 Å². The summed E-state index contributed by atoms with van der Waals surface area (Å²) in [7, 11) is 0. The molecule has 20 heavy (non-hydrogen) atoms. The van der Waals surface area contributed by atoms with Crippen LogP contribution in [-0.4, -0.2) is 16.5 Å². The van der Waals surface area contributed by atoms with Gasteiger partial charge in [0, 0.05) is 17.7 Å². The lowest BCUT2D eigenvalue weighted by atomic mass is 10.0. The predicted molar refractivity (Wildman–Crippen MR) is 80.2 cm³/mol. The van der Waals surface area contributed by atoms with E-state index in [0.717, 1.165) is 48.4 Å². The molecule has 0 aliphatic carbocycles. The molecule has 0 aliphatic heterocycles. The second-order valence-corrected chi connectivity index (χ2v) is 4.74. The fourth-order valence-corrected chi connectivity index (χ4v) is 2.18. The van der Waals surface area contributed by atoms with Gasteiger partial charge in [0.05, 0.1) is 5.69 Å². The van der Waals surface area contributed by atoms with E-state index < -0.39 is 0 Å². The molecule has 0 aliphatic rings. The van der Waals surface area contributed by atoms with E-state index in [1.165, 1.54) is 18.5 Å². The third-order valence-corrected chi connectivity index (χ3v) is 3.09. The average Bonchev–Trinajstić information content (AvgIpc) is 2.46. The molecule has 0 amide bonds. The Morgan fingerprint density at radius 3 is 2.70 bits per heavy atom. The molecule has 1 aromatic heterocycles. The van der Waals surface area contributed by atoms with Crippen LogP contribution in [0.25, 0.3) is 11.3 Å². The van der Waals surface area contributed by atoms with Crippen LogP contribution in [-0.2, 0) is 6.42 Å². The molecule has 0 unspecified atom stereocenters. The predicted octanol–water partition coefficient (Wildman–Crippen LogP) is 4.06. The van der Waals surface area contributed by atoms with Crippen LogP contribution in [0.4, 0.5) is 10.2 Å².